The zero-order valence-corrected chi connectivity index (χ0v) is 13.9. The first-order valence-electron chi connectivity index (χ1n) is 8.31. The summed E-state index contributed by atoms with van der Waals surface area (Å²) in [5.74, 6) is 0.142. The first kappa shape index (κ1) is 16.9. The van der Waals surface area contributed by atoms with E-state index >= 15 is 0 Å². The second-order valence-corrected chi connectivity index (χ2v) is 6.52. The van der Waals surface area contributed by atoms with Gasteiger partial charge in [0.25, 0.3) is 0 Å². The minimum Gasteiger partial charge on any atom is -0.489 e. The Morgan fingerprint density at radius 3 is 2.75 bits per heavy atom. The van der Waals surface area contributed by atoms with E-state index in [0.29, 0.717) is 31.8 Å². The first-order valence-corrected chi connectivity index (χ1v) is 8.31. The monoisotopic (exact) mass is 330 g/mol. The van der Waals surface area contributed by atoms with Gasteiger partial charge < -0.3 is 14.6 Å². The lowest BCUT2D eigenvalue weighted by atomic mass is 9.73. The summed E-state index contributed by atoms with van der Waals surface area (Å²) in [4.78, 5) is 0. The zero-order chi connectivity index (χ0) is 17.0. The van der Waals surface area contributed by atoms with E-state index in [1.54, 1.807) is 0 Å². The van der Waals surface area contributed by atoms with Gasteiger partial charge in [0.15, 0.2) is 0 Å². The SMILES string of the molecule is C[C@@H]1C[C@](CO)(c2cc(F)cc(OCc3ccccc3)c2)CCO1. The summed E-state index contributed by atoms with van der Waals surface area (Å²) in [6.07, 6.45) is 1.39. The van der Waals surface area contributed by atoms with Crippen molar-refractivity contribution in [1.82, 2.24) is 0 Å². The number of ether oxygens (including phenoxy) is 2. The second kappa shape index (κ2) is 7.32. The summed E-state index contributed by atoms with van der Waals surface area (Å²) in [6.45, 7) is 2.91. The Balaban J connectivity index is 1.82. The Kier molecular flexibility index (Phi) is 5.17. The highest BCUT2D eigenvalue weighted by Gasteiger charge is 2.37. The van der Waals surface area contributed by atoms with E-state index in [2.05, 4.69) is 0 Å². The molecule has 24 heavy (non-hydrogen) atoms. The maximum Gasteiger partial charge on any atom is 0.127 e. The highest BCUT2D eigenvalue weighted by molar-refractivity contribution is 5.36. The number of rotatable bonds is 5. The largest absolute Gasteiger partial charge is 0.489 e. The normalized spacial score (nSPS) is 23.9. The molecule has 0 spiro atoms. The van der Waals surface area contributed by atoms with Crippen LogP contribution in [0.4, 0.5) is 4.39 Å². The molecule has 3 nitrogen and oxygen atoms in total. The molecule has 1 saturated heterocycles. The summed E-state index contributed by atoms with van der Waals surface area (Å²) in [6, 6.07) is 14.5. The second-order valence-electron chi connectivity index (χ2n) is 6.52. The molecule has 1 heterocycles. The Labute approximate surface area is 142 Å². The van der Waals surface area contributed by atoms with Gasteiger partial charge in [-0.2, -0.15) is 0 Å². The lowest BCUT2D eigenvalue weighted by Crippen LogP contribution is -2.40. The standard InChI is InChI=1S/C20H23FO3/c1-15-12-20(14-22,7-8-23-15)17-9-18(21)11-19(10-17)24-13-16-5-3-2-4-6-16/h2-6,9-11,15,22H,7-8,12-14H2,1H3/t15-,20-/m1/s1. The number of hydrogen-bond donors (Lipinski definition) is 1. The van der Waals surface area contributed by atoms with Crippen molar-refractivity contribution in [2.24, 2.45) is 0 Å². The summed E-state index contributed by atoms with van der Waals surface area (Å²) in [5, 5.41) is 9.98. The molecule has 0 aliphatic carbocycles. The van der Waals surface area contributed by atoms with Crippen LogP contribution in [0.15, 0.2) is 48.5 Å². The molecule has 128 valence electrons. The van der Waals surface area contributed by atoms with E-state index < -0.39 is 5.41 Å². The topological polar surface area (TPSA) is 38.7 Å². The van der Waals surface area contributed by atoms with Crippen molar-refractivity contribution in [1.29, 1.82) is 0 Å². The molecule has 0 saturated carbocycles. The zero-order valence-electron chi connectivity index (χ0n) is 13.9. The van der Waals surface area contributed by atoms with E-state index in [9.17, 15) is 9.50 Å². The minimum absolute atomic E-state index is 0.0255. The molecule has 2 atom stereocenters. The fourth-order valence-electron chi connectivity index (χ4n) is 3.36. The molecule has 0 unspecified atom stereocenters. The van der Waals surface area contributed by atoms with Crippen molar-refractivity contribution in [3.05, 3.63) is 65.5 Å². The predicted molar refractivity (Wildman–Crippen MR) is 90.6 cm³/mol. The summed E-state index contributed by atoms with van der Waals surface area (Å²) in [5.41, 5.74) is 1.34. The van der Waals surface area contributed by atoms with Gasteiger partial charge in [-0.05, 0) is 43.0 Å². The van der Waals surface area contributed by atoms with Crippen LogP contribution >= 0.6 is 0 Å². The third-order valence-electron chi connectivity index (χ3n) is 4.70. The molecule has 1 N–H and O–H groups in total. The van der Waals surface area contributed by atoms with Gasteiger partial charge in [-0.3, -0.25) is 0 Å². The van der Waals surface area contributed by atoms with Crippen molar-refractivity contribution >= 4 is 0 Å². The van der Waals surface area contributed by atoms with Gasteiger partial charge in [-0.15, -0.1) is 0 Å². The van der Waals surface area contributed by atoms with Crippen molar-refractivity contribution in [3.8, 4) is 5.75 Å². The number of benzene rings is 2. The molecule has 4 heteroatoms. The van der Waals surface area contributed by atoms with E-state index in [0.717, 1.165) is 11.1 Å². The quantitative estimate of drug-likeness (QED) is 0.905. The number of hydrogen-bond acceptors (Lipinski definition) is 3. The van der Waals surface area contributed by atoms with E-state index in [1.807, 2.05) is 43.3 Å². The number of aliphatic hydroxyl groups excluding tert-OH is 1. The highest BCUT2D eigenvalue weighted by atomic mass is 19.1. The molecule has 1 aliphatic heterocycles. The van der Waals surface area contributed by atoms with Gasteiger partial charge >= 0.3 is 0 Å². The third kappa shape index (κ3) is 3.77. The summed E-state index contributed by atoms with van der Waals surface area (Å²) in [7, 11) is 0. The fourth-order valence-corrected chi connectivity index (χ4v) is 3.36. The third-order valence-corrected chi connectivity index (χ3v) is 4.70. The van der Waals surface area contributed by atoms with Crippen LogP contribution in [0.5, 0.6) is 5.75 Å². The highest BCUT2D eigenvalue weighted by Crippen LogP contribution is 2.38. The molecule has 2 aromatic rings. The molecular formula is C20H23FO3. The molecule has 2 aromatic carbocycles. The van der Waals surface area contributed by atoms with Gasteiger partial charge in [0.1, 0.15) is 18.2 Å². The van der Waals surface area contributed by atoms with Crippen LogP contribution in [0.25, 0.3) is 0 Å². The van der Waals surface area contributed by atoms with Crippen LogP contribution in [0.3, 0.4) is 0 Å². The lowest BCUT2D eigenvalue weighted by molar-refractivity contribution is -0.0267. The van der Waals surface area contributed by atoms with Gasteiger partial charge in [-0.1, -0.05) is 30.3 Å². The Bertz CT molecular complexity index is 674. The molecule has 1 fully saturated rings. The number of halogens is 1. The van der Waals surface area contributed by atoms with Crippen molar-refractivity contribution in [2.75, 3.05) is 13.2 Å². The molecule has 0 aromatic heterocycles. The smallest absolute Gasteiger partial charge is 0.127 e. The average molecular weight is 330 g/mol. The predicted octanol–water partition coefficient (Wildman–Crippen LogP) is 3.83. The van der Waals surface area contributed by atoms with Gasteiger partial charge in [-0.25, -0.2) is 4.39 Å². The molecule has 0 radical (unpaired) electrons. The maximum absolute atomic E-state index is 14.1. The van der Waals surface area contributed by atoms with E-state index in [-0.39, 0.29) is 18.5 Å². The van der Waals surface area contributed by atoms with E-state index in [4.69, 9.17) is 9.47 Å². The lowest BCUT2D eigenvalue weighted by Gasteiger charge is -2.39. The van der Waals surface area contributed by atoms with E-state index in [1.165, 1.54) is 12.1 Å². The fraction of sp³-hybridized carbons (Fsp3) is 0.400. The molecule has 0 amide bonds. The number of aliphatic hydroxyl groups is 1. The van der Waals surface area contributed by atoms with Gasteiger partial charge in [0.05, 0.1) is 12.7 Å². The molecular weight excluding hydrogens is 307 g/mol. The molecule has 3 rings (SSSR count). The Hall–Kier alpha value is -1.91. The maximum atomic E-state index is 14.1. The summed E-state index contributed by atoms with van der Waals surface area (Å²) < 4.78 is 25.5. The van der Waals surface area contributed by atoms with Gasteiger partial charge in [0.2, 0.25) is 0 Å². The van der Waals surface area contributed by atoms with Crippen LogP contribution in [0.2, 0.25) is 0 Å². The Morgan fingerprint density at radius 1 is 1.25 bits per heavy atom. The summed E-state index contributed by atoms with van der Waals surface area (Å²) >= 11 is 0. The van der Waals surface area contributed by atoms with Gasteiger partial charge in [0, 0.05) is 18.1 Å². The van der Waals surface area contributed by atoms with Crippen LogP contribution < -0.4 is 4.74 Å². The van der Waals surface area contributed by atoms with Crippen molar-refractivity contribution in [2.45, 2.75) is 37.9 Å². The average Bonchev–Trinajstić information content (AvgIpc) is 2.60. The Morgan fingerprint density at radius 2 is 2.04 bits per heavy atom. The molecule has 0 bridgehead atoms. The molecule has 1 aliphatic rings. The van der Waals surface area contributed by atoms with Crippen molar-refractivity contribution < 1.29 is 19.0 Å². The van der Waals surface area contributed by atoms with Crippen LogP contribution in [-0.4, -0.2) is 24.4 Å². The minimum atomic E-state index is -0.468. The van der Waals surface area contributed by atoms with Crippen LogP contribution in [-0.2, 0) is 16.8 Å². The van der Waals surface area contributed by atoms with Crippen LogP contribution in [0.1, 0.15) is 30.9 Å². The first-order chi connectivity index (χ1) is 11.6. The van der Waals surface area contributed by atoms with Crippen molar-refractivity contribution in [3.63, 3.8) is 0 Å². The van der Waals surface area contributed by atoms with Crippen LogP contribution in [0, 0.1) is 5.82 Å².